The monoisotopic (exact) mass is 339 g/mol. The summed E-state index contributed by atoms with van der Waals surface area (Å²) < 4.78 is 2.99. The molecule has 2 aromatic heterocycles. The van der Waals surface area contributed by atoms with Crippen LogP contribution in [0.2, 0.25) is 0 Å². The van der Waals surface area contributed by atoms with Crippen LogP contribution in [-0.2, 0) is 5.75 Å². The molecule has 2 heterocycles. The van der Waals surface area contributed by atoms with Crippen molar-refractivity contribution < 1.29 is 0 Å². The molecule has 0 saturated heterocycles. The fourth-order valence-electron chi connectivity index (χ4n) is 2.34. The van der Waals surface area contributed by atoms with E-state index in [0.29, 0.717) is 6.04 Å². The van der Waals surface area contributed by atoms with Crippen molar-refractivity contribution in [1.82, 2.24) is 25.2 Å². The smallest absolute Gasteiger partial charge is 0.209 e. The number of nitrogens with zero attached hydrogens (tertiary/aromatic N) is 5. The molecule has 1 aliphatic rings. The van der Waals surface area contributed by atoms with Crippen LogP contribution in [-0.4, -0.2) is 25.2 Å². The average molecular weight is 340 g/mol. The predicted octanol–water partition coefficient (Wildman–Crippen LogP) is 3.24. The number of rotatable bonds is 4. The van der Waals surface area contributed by atoms with E-state index in [2.05, 4.69) is 42.5 Å². The highest BCUT2D eigenvalue weighted by molar-refractivity contribution is 9.10. The second-order valence-electron chi connectivity index (χ2n) is 4.64. The minimum atomic E-state index is 0.484. The summed E-state index contributed by atoms with van der Waals surface area (Å²) >= 11 is 5.10. The first kappa shape index (κ1) is 13.1. The molecule has 1 saturated carbocycles. The van der Waals surface area contributed by atoms with Crippen molar-refractivity contribution in [2.45, 2.75) is 42.6 Å². The van der Waals surface area contributed by atoms with E-state index in [9.17, 15) is 0 Å². The molecule has 1 fully saturated rings. The highest BCUT2D eigenvalue weighted by Crippen LogP contribution is 2.32. The molecule has 19 heavy (non-hydrogen) atoms. The summed E-state index contributed by atoms with van der Waals surface area (Å²) in [5.41, 5.74) is 1.17. The third-order valence-electron chi connectivity index (χ3n) is 3.26. The molecule has 0 bridgehead atoms. The van der Waals surface area contributed by atoms with Crippen LogP contribution in [0.25, 0.3) is 0 Å². The standard InChI is InChI=1S/C12H14BrN5S/c13-10-5-9(6-14-7-10)8-19-12-15-16-17-18(12)11-3-1-2-4-11/h5-7,11H,1-4,8H2. The van der Waals surface area contributed by atoms with Crippen molar-refractivity contribution in [1.29, 1.82) is 0 Å². The molecule has 2 aromatic rings. The molecule has 0 N–H and O–H groups in total. The highest BCUT2D eigenvalue weighted by Gasteiger charge is 2.21. The van der Waals surface area contributed by atoms with Gasteiger partial charge in [-0.15, -0.1) is 5.10 Å². The second-order valence-corrected chi connectivity index (χ2v) is 6.50. The molecule has 0 amide bonds. The van der Waals surface area contributed by atoms with Crippen LogP contribution < -0.4 is 0 Å². The third kappa shape index (κ3) is 3.14. The van der Waals surface area contributed by atoms with Crippen molar-refractivity contribution in [3.05, 3.63) is 28.5 Å². The maximum absolute atomic E-state index is 4.17. The van der Waals surface area contributed by atoms with Crippen LogP contribution in [0.3, 0.4) is 0 Å². The zero-order valence-electron chi connectivity index (χ0n) is 10.4. The van der Waals surface area contributed by atoms with E-state index in [4.69, 9.17) is 0 Å². The summed E-state index contributed by atoms with van der Waals surface area (Å²) in [6.45, 7) is 0. The lowest BCUT2D eigenvalue weighted by Gasteiger charge is -2.10. The predicted molar refractivity (Wildman–Crippen MR) is 76.8 cm³/mol. The Morgan fingerprint density at radius 1 is 1.32 bits per heavy atom. The number of pyridine rings is 1. The Bertz CT molecular complexity index is 553. The summed E-state index contributed by atoms with van der Waals surface area (Å²) in [7, 11) is 0. The maximum Gasteiger partial charge on any atom is 0.209 e. The first-order chi connectivity index (χ1) is 9.33. The van der Waals surface area contributed by atoms with Crippen molar-refractivity contribution in [3.8, 4) is 0 Å². The van der Waals surface area contributed by atoms with E-state index in [1.54, 1.807) is 18.0 Å². The van der Waals surface area contributed by atoms with Crippen LogP contribution in [0, 0.1) is 0 Å². The lowest BCUT2D eigenvalue weighted by atomic mass is 10.3. The van der Waals surface area contributed by atoms with E-state index >= 15 is 0 Å². The minimum Gasteiger partial charge on any atom is -0.263 e. The summed E-state index contributed by atoms with van der Waals surface area (Å²) in [5, 5.41) is 13.0. The van der Waals surface area contributed by atoms with Crippen LogP contribution in [0.1, 0.15) is 37.3 Å². The Labute approximate surface area is 124 Å². The van der Waals surface area contributed by atoms with Gasteiger partial charge in [0.1, 0.15) is 0 Å². The fourth-order valence-corrected chi connectivity index (χ4v) is 3.62. The van der Waals surface area contributed by atoms with Crippen LogP contribution in [0.15, 0.2) is 28.1 Å². The average Bonchev–Trinajstić information content (AvgIpc) is 3.07. The van der Waals surface area contributed by atoms with Crippen molar-refractivity contribution in [3.63, 3.8) is 0 Å². The van der Waals surface area contributed by atoms with Gasteiger partial charge in [0.25, 0.3) is 0 Å². The van der Waals surface area contributed by atoms with Crippen LogP contribution in [0.4, 0.5) is 0 Å². The fraction of sp³-hybridized carbons (Fsp3) is 0.500. The number of hydrogen-bond acceptors (Lipinski definition) is 5. The zero-order chi connectivity index (χ0) is 13.1. The number of hydrogen-bond donors (Lipinski definition) is 0. The Kier molecular flexibility index (Phi) is 4.12. The Hall–Kier alpha value is -0.950. The van der Waals surface area contributed by atoms with Crippen molar-refractivity contribution in [2.24, 2.45) is 0 Å². The van der Waals surface area contributed by atoms with Gasteiger partial charge in [-0.2, -0.15) is 0 Å². The first-order valence-electron chi connectivity index (χ1n) is 6.33. The molecule has 5 nitrogen and oxygen atoms in total. The molecule has 1 aliphatic carbocycles. The van der Waals surface area contributed by atoms with Crippen LogP contribution >= 0.6 is 27.7 Å². The van der Waals surface area contributed by atoms with Crippen LogP contribution in [0.5, 0.6) is 0 Å². The summed E-state index contributed by atoms with van der Waals surface area (Å²) in [6.07, 6.45) is 8.61. The molecule has 0 aromatic carbocycles. The lowest BCUT2D eigenvalue weighted by molar-refractivity contribution is 0.423. The van der Waals surface area contributed by atoms with Gasteiger partial charge in [-0.25, -0.2) is 4.68 Å². The molecule has 7 heteroatoms. The van der Waals surface area contributed by atoms with Gasteiger partial charge in [0, 0.05) is 22.6 Å². The van der Waals surface area contributed by atoms with Gasteiger partial charge in [0.15, 0.2) is 0 Å². The third-order valence-corrected chi connectivity index (χ3v) is 4.70. The normalized spacial score (nSPS) is 16.1. The number of aromatic nitrogens is 5. The minimum absolute atomic E-state index is 0.484. The van der Waals surface area contributed by atoms with Gasteiger partial charge in [-0.1, -0.05) is 24.6 Å². The van der Waals surface area contributed by atoms with Gasteiger partial charge in [-0.3, -0.25) is 4.98 Å². The molecule has 0 atom stereocenters. The van der Waals surface area contributed by atoms with E-state index in [-0.39, 0.29) is 0 Å². The molecule has 0 radical (unpaired) electrons. The number of tetrazole rings is 1. The molecule has 0 aliphatic heterocycles. The Morgan fingerprint density at radius 3 is 2.95 bits per heavy atom. The second kappa shape index (κ2) is 6.00. The van der Waals surface area contributed by atoms with E-state index in [1.807, 2.05) is 10.9 Å². The SMILES string of the molecule is Brc1cncc(CSc2nnnn2C2CCCC2)c1. The van der Waals surface area contributed by atoms with Crippen molar-refractivity contribution in [2.75, 3.05) is 0 Å². The van der Waals surface area contributed by atoms with E-state index in [0.717, 1.165) is 15.4 Å². The summed E-state index contributed by atoms with van der Waals surface area (Å²) in [6, 6.07) is 2.56. The molecular weight excluding hydrogens is 326 g/mol. The van der Waals surface area contributed by atoms with Gasteiger partial charge >= 0.3 is 0 Å². The molecule has 0 spiro atoms. The molecule has 0 unspecified atom stereocenters. The molecule has 100 valence electrons. The van der Waals surface area contributed by atoms with E-state index < -0.39 is 0 Å². The van der Waals surface area contributed by atoms with Gasteiger partial charge in [0.2, 0.25) is 5.16 Å². The molecular formula is C12H14BrN5S. The largest absolute Gasteiger partial charge is 0.263 e. The summed E-state index contributed by atoms with van der Waals surface area (Å²) in [5.74, 6) is 0.833. The van der Waals surface area contributed by atoms with Gasteiger partial charge in [-0.05, 0) is 50.8 Å². The Balaban J connectivity index is 1.68. The topological polar surface area (TPSA) is 56.5 Å². The highest BCUT2D eigenvalue weighted by atomic mass is 79.9. The quantitative estimate of drug-likeness (QED) is 0.800. The Morgan fingerprint density at radius 2 is 2.16 bits per heavy atom. The van der Waals surface area contributed by atoms with Crippen molar-refractivity contribution >= 4 is 27.7 Å². The molecule has 3 rings (SSSR count). The lowest BCUT2D eigenvalue weighted by Crippen LogP contribution is -2.08. The zero-order valence-corrected chi connectivity index (χ0v) is 12.8. The van der Waals surface area contributed by atoms with Gasteiger partial charge < -0.3 is 0 Å². The first-order valence-corrected chi connectivity index (χ1v) is 8.11. The number of halogens is 1. The maximum atomic E-state index is 4.17. The summed E-state index contributed by atoms with van der Waals surface area (Å²) in [4.78, 5) is 4.17. The number of thioether (sulfide) groups is 1. The van der Waals surface area contributed by atoms with E-state index in [1.165, 1.54) is 31.2 Å². The van der Waals surface area contributed by atoms with Gasteiger partial charge in [0.05, 0.1) is 6.04 Å².